The first-order valence-corrected chi connectivity index (χ1v) is 8.50. The molecule has 0 unspecified atom stereocenters. The molecule has 0 bridgehead atoms. The highest BCUT2D eigenvalue weighted by atomic mass is 32.1. The zero-order valence-corrected chi connectivity index (χ0v) is 14.1. The smallest absolute Gasteiger partial charge is 0.281 e. The maximum atomic E-state index is 12.7. The highest BCUT2D eigenvalue weighted by Gasteiger charge is 2.20. The average Bonchev–Trinajstić information content (AvgIpc) is 2.87. The number of nitrogens with zero attached hydrogens (tertiary/aromatic N) is 2. The van der Waals surface area contributed by atoms with Crippen molar-refractivity contribution in [1.82, 2.24) is 15.0 Å². The van der Waals surface area contributed by atoms with Gasteiger partial charge in [-0.05, 0) is 50.4 Å². The van der Waals surface area contributed by atoms with Crippen molar-refractivity contribution in [3.8, 4) is 0 Å². The summed E-state index contributed by atoms with van der Waals surface area (Å²) in [6.07, 6.45) is 5.86. The Morgan fingerprint density at radius 2 is 2.27 bits per heavy atom. The van der Waals surface area contributed by atoms with Gasteiger partial charge in [0.05, 0.1) is 5.39 Å². The van der Waals surface area contributed by atoms with E-state index in [0.717, 1.165) is 35.1 Å². The minimum atomic E-state index is -0.0797. The van der Waals surface area contributed by atoms with Crippen LogP contribution in [0.3, 0.4) is 0 Å². The molecule has 0 radical (unpaired) electrons. The predicted octanol–water partition coefficient (Wildman–Crippen LogP) is 2.33. The number of hydrogen-bond acceptors (Lipinski definition) is 4. The monoisotopic (exact) mass is 334 g/mol. The van der Waals surface area contributed by atoms with Gasteiger partial charge in [0.1, 0.15) is 11.2 Å². The van der Waals surface area contributed by atoms with E-state index in [4.69, 9.17) is 12.2 Å². The lowest BCUT2D eigenvalue weighted by Gasteiger charge is -2.13. The second-order valence-electron chi connectivity index (χ2n) is 5.56. The Morgan fingerprint density at radius 3 is 3.05 bits per heavy atom. The zero-order chi connectivity index (χ0) is 15.7. The van der Waals surface area contributed by atoms with Crippen molar-refractivity contribution in [3.63, 3.8) is 0 Å². The van der Waals surface area contributed by atoms with Gasteiger partial charge in [0.15, 0.2) is 5.11 Å². The van der Waals surface area contributed by atoms with Crippen molar-refractivity contribution < 1.29 is 0 Å². The summed E-state index contributed by atoms with van der Waals surface area (Å²) < 4.78 is 1.36. The molecule has 2 N–H and O–H groups in total. The van der Waals surface area contributed by atoms with Crippen LogP contribution in [0.2, 0.25) is 0 Å². The van der Waals surface area contributed by atoms with Crippen molar-refractivity contribution in [2.24, 2.45) is 0 Å². The quantitative estimate of drug-likeness (QED) is 0.666. The van der Waals surface area contributed by atoms with E-state index in [2.05, 4.69) is 22.3 Å². The summed E-state index contributed by atoms with van der Waals surface area (Å²) in [5, 5.41) is 4.13. The molecule has 0 saturated carbocycles. The fourth-order valence-electron chi connectivity index (χ4n) is 2.61. The minimum Gasteiger partial charge on any atom is -0.358 e. The van der Waals surface area contributed by atoms with E-state index in [0.29, 0.717) is 11.7 Å². The van der Waals surface area contributed by atoms with Crippen LogP contribution in [0.4, 0.5) is 0 Å². The first-order valence-electron chi connectivity index (χ1n) is 7.27. The van der Waals surface area contributed by atoms with E-state index in [1.165, 1.54) is 27.9 Å². The highest BCUT2D eigenvalue weighted by molar-refractivity contribution is 7.80. The zero-order valence-electron chi connectivity index (χ0n) is 12.4. The summed E-state index contributed by atoms with van der Waals surface area (Å²) in [4.78, 5) is 19.2. The standard InChI is InChI=1S/C15H18N4OS2/c1-9(2)7-16-15(21)18-19-8-17-13-12(14(19)20)10-5-3-4-6-11(10)22-13/h8H,1,3-7H2,2H3,(H2,16,18,21). The molecule has 2 aromatic rings. The lowest BCUT2D eigenvalue weighted by atomic mass is 9.97. The Morgan fingerprint density at radius 1 is 1.50 bits per heavy atom. The molecular formula is C15H18N4OS2. The lowest BCUT2D eigenvalue weighted by molar-refractivity contribution is 0.699. The Balaban J connectivity index is 1.91. The van der Waals surface area contributed by atoms with Gasteiger partial charge in [-0.1, -0.05) is 12.2 Å². The molecule has 0 spiro atoms. The number of rotatable bonds is 3. The first kappa shape index (κ1) is 15.2. The molecule has 1 aliphatic carbocycles. The van der Waals surface area contributed by atoms with Crippen molar-refractivity contribution >= 4 is 38.9 Å². The maximum Gasteiger partial charge on any atom is 0.281 e. The Kier molecular flexibility index (Phi) is 4.26. The van der Waals surface area contributed by atoms with Crippen LogP contribution in [0.1, 0.15) is 30.2 Å². The van der Waals surface area contributed by atoms with Crippen molar-refractivity contribution in [1.29, 1.82) is 0 Å². The molecule has 3 rings (SSSR count). The summed E-state index contributed by atoms with van der Waals surface area (Å²) in [5.41, 5.74) is 4.95. The van der Waals surface area contributed by atoms with Crippen LogP contribution in [0.25, 0.3) is 10.2 Å². The minimum absolute atomic E-state index is 0.0797. The number of hydrogen-bond donors (Lipinski definition) is 2. The SMILES string of the molecule is C=C(C)CNC(=S)Nn1cnc2sc3c(c2c1=O)CCCC3. The Labute approximate surface area is 138 Å². The summed E-state index contributed by atoms with van der Waals surface area (Å²) in [6, 6.07) is 0. The summed E-state index contributed by atoms with van der Waals surface area (Å²) >= 11 is 6.83. The third-order valence-corrected chi connectivity index (χ3v) is 5.08. The third-order valence-electron chi connectivity index (χ3n) is 3.65. The second kappa shape index (κ2) is 6.18. The molecule has 7 heteroatoms. The topological polar surface area (TPSA) is 58.9 Å². The predicted molar refractivity (Wildman–Crippen MR) is 95.3 cm³/mol. The normalized spacial score (nSPS) is 13.7. The molecule has 2 heterocycles. The average molecular weight is 334 g/mol. The van der Waals surface area contributed by atoms with Gasteiger partial charge < -0.3 is 5.32 Å². The molecule has 2 aromatic heterocycles. The number of nitrogens with one attached hydrogen (secondary N) is 2. The molecule has 0 aliphatic heterocycles. The fraction of sp³-hybridized carbons (Fsp3) is 0.400. The van der Waals surface area contributed by atoms with E-state index in [1.807, 2.05) is 6.92 Å². The van der Waals surface area contributed by atoms with Crippen LogP contribution in [0.5, 0.6) is 0 Å². The van der Waals surface area contributed by atoms with Crippen molar-refractivity contribution in [2.45, 2.75) is 32.6 Å². The van der Waals surface area contributed by atoms with Crippen molar-refractivity contribution in [3.05, 3.63) is 39.3 Å². The number of aromatic nitrogens is 2. The molecule has 0 saturated heterocycles. The van der Waals surface area contributed by atoms with E-state index >= 15 is 0 Å². The second-order valence-corrected chi connectivity index (χ2v) is 7.05. The molecule has 22 heavy (non-hydrogen) atoms. The maximum absolute atomic E-state index is 12.7. The van der Waals surface area contributed by atoms with E-state index in [9.17, 15) is 4.79 Å². The van der Waals surface area contributed by atoms with Crippen LogP contribution < -0.4 is 16.3 Å². The molecule has 0 amide bonds. The van der Waals surface area contributed by atoms with Gasteiger partial charge in [-0.25, -0.2) is 9.66 Å². The lowest BCUT2D eigenvalue weighted by Crippen LogP contribution is -2.39. The Hall–Kier alpha value is -1.73. The number of thiophene rings is 1. The van der Waals surface area contributed by atoms with Crippen LogP contribution in [-0.4, -0.2) is 21.3 Å². The first-order chi connectivity index (χ1) is 10.6. The molecule has 0 atom stereocenters. The van der Waals surface area contributed by atoms with Gasteiger partial charge in [0.25, 0.3) is 5.56 Å². The van der Waals surface area contributed by atoms with Crippen LogP contribution in [-0.2, 0) is 12.8 Å². The molecule has 1 aliphatic rings. The summed E-state index contributed by atoms with van der Waals surface area (Å²) in [6.45, 7) is 6.29. The van der Waals surface area contributed by atoms with Gasteiger partial charge in [-0.15, -0.1) is 11.3 Å². The molecule has 5 nitrogen and oxygen atoms in total. The summed E-state index contributed by atoms with van der Waals surface area (Å²) in [5.74, 6) is 0. The number of aryl methyl sites for hydroxylation is 2. The third kappa shape index (κ3) is 2.91. The largest absolute Gasteiger partial charge is 0.358 e. The van der Waals surface area contributed by atoms with Crippen LogP contribution >= 0.6 is 23.6 Å². The molecular weight excluding hydrogens is 316 g/mol. The number of fused-ring (bicyclic) bond motifs is 3. The van der Waals surface area contributed by atoms with Crippen molar-refractivity contribution in [2.75, 3.05) is 12.0 Å². The van der Waals surface area contributed by atoms with Crippen LogP contribution in [0.15, 0.2) is 23.3 Å². The van der Waals surface area contributed by atoms with Gasteiger partial charge in [0, 0.05) is 11.4 Å². The van der Waals surface area contributed by atoms with Gasteiger partial charge in [-0.3, -0.25) is 10.2 Å². The van der Waals surface area contributed by atoms with Gasteiger partial charge in [0.2, 0.25) is 0 Å². The number of thiocarbonyl (C=S) groups is 1. The fourth-order valence-corrected chi connectivity index (χ4v) is 4.00. The molecule has 0 fully saturated rings. The summed E-state index contributed by atoms with van der Waals surface area (Å²) in [7, 11) is 0. The van der Waals surface area contributed by atoms with Crippen LogP contribution in [0, 0.1) is 0 Å². The Bertz CT molecular complexity index is 806. The molecule has 0 aromatic carbocycles. The van der Waals surface area contributed by atoms with Gasteiger partial charge in [-0.2, -0.15) is 0 Å². The van der Waals surface area contributed by atoms with E-state index in [1.54, 1.807) is 11.3 Å². The van der Waals surface area contributed by atoms with E-state index < -0.39 is 0 Å². The van der Waals surface area contributed by atoms with Gasteiger partial charge >= 0.3 is 0 Å². The highest BCUT2D eigenvalue weighted by Crippen LogP contribution is 2.33. The molecule has 116 valence electrons. The van der Waals surface area contributed by atoms with E-state index in [-0.39, 0.29) is 5.56 Å².